The Balaban J connectivity index is 1.56. The Labute approximate surface area is 173 Å². The molecule has 148 valence electrons. The highest BCUT2D eigenvalue weighted by atomic mass is 35.5. The van der Waals surface area contributed by atoms with Crippen molar-refractivity contribution in [3.8, 4) is 16.9 Å². The number of esters is 1. The number of nitrogens with zero attached hydrogens (tertiary/aromatic N) is 1. The van der Waals surface area contributed by atoms with Gasteiger partial charge in [0.15, 0.2) is 17.9 Å². The van der Waals surface area contributed by atoms with Crippen LogP contribution < -0.4 is 10.1 Å². The van der Waals surface area contributed by atoms with Crippen molar-refractivity contribution in [2.45, 2.75) is 13.0 Å². The number of halogens is 1. The molecule has 1 unspecified atom stereocenters. The minimum Gasteiger partial charge on any atom is -0.481 e. The zero-order chi connectivity index (χ0) is 20.6. The molecule has 0 fully saturated rings. The largest absolute Gasteiger partial charge is 0.481 e. The number of benzene rings is 2. The van der Waals surface area contributed by atoms with E-state index in [-0.39, 0.29) is 11.8 Å². The van der Waals surface area contributed by atoms with E-state index >= 15 is 0 Å². The van der Waals surface area contributed by atoms with Crippen LogP contribution in [0.4, 0.5) is 5.69 Å². The van der Waals surface area contributed by atoms with E-state index < -0.39 is 18.0 Å². The molecule has 1 amide bonds. The van der Waals surface area contributed by atoms with Crippen LogP contribution in [0.15, 0.2) is 72.9 Å². The summed E-state index contributed by atoms with van der Waals surface area (Å²) in [5, 5.41) is 2.72. The summed E-state index contributed by atoms with van der Waals surface area (Å²) in [5.41, 5.74) is 2.17. The molecule has 0 saturated heterocycles. The summed E-state index contributed by atoms with van der Waals surface area (Å²) < 4.78 is 10.8. The molecule has 0 radical (unpaired) electrons. The lowest BCUT2D eigenvalue weighted by atomic mass is 10.1. The molecular formula is C22H19ClN2O4. The molecule has 29 heavy (non-hydrogen) atoms. The molecule has 1 atom stereocenters. The van der Waals surface area contributed by atoms with E-state index in [0.717, 1.165) is 11.1 Å². The predicted octanol–water partition coefficient (Wildman–Crippen LogP) is 4.35. The fraction of sp³-hybridized carbons (Fsp3) is 0.136. The molecule has 7 heteroatoms. The molecule has 6 nitrogen and oxygen atoms in total. The Morgan fingerprint density at radius 1 is 1.03 bits per heavy atom. The zero-order valence-corrected chi connectivity index (χ0v) is 16.4. The second-order valence-electron chi connectivity index (χ2n) is 6.11. The highest BCUT2D eigenvalue weighted by Crippen LogP contribution is 2.29. The van der Waals surface area contributed by atoms with Crippen LogP contribution in [-0.2, 0) is 14.3 Å². The van der Waals surface area contributed by atoms with Gasteiger partial charge < -0.3 is 14.8 Å². The Kier molecular flexibility index (Phi) is 6.81. The highest BCUT2D eigenvalue weighted by Gasteiger charge is 2.19. The van der Waals surface area contributed by atoms with E-state index in [1.54, 1.807) is 18.2 Å². The van der Waals surface area contributed by atoms with Crippen molar-refractivity contribution < 1.29 is 19.1 Å². The minimum absolute atomic E-state index is 0.153. The number of hydrogen-bond acceptors (Lipinski definition) is 5. The summed E-state index contributed by atoms with van der Waals surface area (Å²) in [6.45, 7) is 1.14. The lowest BCUT2D eigenvalue weighted by Crippen LogP contribution is -2.31. The molecule has 3 rings (SSSR count). The van der Waals surface area contributed by atoms with Crippen LogP contribution in [-0.4, -0.2) is 29.6 Å². The Morgan fingerprint density at radius 2 is 1.76 bits per heavy atom. The van der Waals surface area contributed by atoms with Gasteiger partial charge in [-0.05, 0) is 30.7 Å². The van der Waals surface area contributed by atoms with Gasteiger partial charge in [0.2, 0.25) is 0 Å². The van der Waals surface area contributed by atoms with Gasteiger partial charge in [-0.3, -0.25) is 4.79 Å². The lowest BCUT2D eigenvalue weighted by Gasteiger charge is -2.15. The standard InChI is InChI=1S/C22H19ClN2O4/c1-15(22(27)25-18-11-7-13-24-21(18)23)29-20(26)14-28-19-12-6-5-10-17(19)16-8-3-2-4-9-16/h2-13,15H,14H2,1H3,(H,25,27). The van der Waals surface area contributed by atoms with Gasteiger partial charge in [0, 0.05) is 11.8 Å². The highest BCUT2D eigenvalue weighted by molar-refractivity contribution is 6.32. The summed E-state index contributed by atoms with van der Waals surface area (Å²) >= 11 is 5.91. The smallest absolute Gasteiger partial charge is 0.344 e. The van der Waals surface area contributed by atoms with Crippen molar-refractivity contribution in [3.63, 3.8) is 0 Å². The Bertz CT molecular complexity index is 995. The number of rotatable bonds is 7. The molecule has 0 aliphatic carbocycles. The van der Waals surface area contributed by atoms with Gasteiger partial charge in [-0.2, -0.15) is 0 Å². The Morgan fingerprint density at radius 3 is 2.52 bits per heavy atom. The first-order chi connectivity index (χ1) is 14.0. The quantitative estimate of drug-likeness (QED) is 0.462. The van der Waals surface area contributed by atoms with Gasteiger partial charge in [-0.1, -0.05) is 60.1 Å². The van der Waals surface area contributed by atoms with Gasteiger partial charge >= 0.3 is 5.97 Å². The lowest BCUT2D eigenvalue weighted by molar-refractivity contribution is -0.155. The fourth-order valence-electron chi connectivity index (χ4n) is 2.58. The maximum atomic E-state index is 12.2. The predicted molar refractivity (Wildman–Crippen MR) is 111 cm³/mol. The fourth-order valence-corrected chi connectivity index (χ4v) is 2.75. The van der Waals surface area contributed by atoms with E-state index in [1.165, 1.54) is 13.1 Å². The molecule has 0 spiro atoms. The molecule has 0 saturated carbocycles. The van der Waals surface area contributed by atoms with Crippen LogP contribution >= 0.6 is 11.6 Å². The maximum absolute atomic E-state index is 12.2. The summed E-state index contributed by atoms with van der Waals surface area (Å²) in [6.07, 6.45) is 0.484. The van der Waals surface area contributed by atoms with E-state index in [2.05, 4.69) is 10.3 Å². The SMILES string of the molecule is CC(OC(=O)COc1ccccc1-c1ccccc1)C(=O)Nc1cccnc1Cl. The topological polar surface area (TPSA) is 77.5 Å². The monoisotopic (exact) mass is 410 g/mol. The zero-order valence-electron chi connectivity index (χ0n) is 15.7. The van der Waals surface area contributed by atoms with Crippen LogP contribution in [0.25, 0.3) is 11.1 Å². The van der Waals surface area contributed by atoms with Crippen LogP contribution in [0.5, 0.6) is 5.75 Å². The number of amides is 1. The number of nitrogens with one attached hydrogen (secondary N) is 1. The Hall–Kier alpha value is -3.38. The molecule has 0 aliphatic rings. The number of pyridine rings is 1. The third kappa shape index (κ3) is 5.56. The molecule has 1 heterocycles. The van der Waals surface area contributed by atoms with Crippen LogP contribution in [0.3, 0.4) is 0 Å². The number of aromatic nitrogens is 1. The minimum atomic E-state index is -1.02. The molecule has 0 bridgehead atoms. The number of carbonyl (C=O) groups excluding carboxylic acids is 2. The molecule has 1 N–H and O–H groups in total. The normalized spacial score (nSPS) is 11.4. The number of hydrogen-bond donors (Lipinski definition) is 1. The second kappa shape index (κ2) is 9.71. The molecule has 3 aromatic rings. The van der Waals surface area contributed by atoms with Crippen molar-refractivity contribution in [1.82, 2.24) is 4.98 Å². The van der Waals surface area contributed by atoms with Gasteiger partial charge in [0.25, 0.3) is 5.91 Å². The maximum Gasteiger partial charge on any atom is 0.344 e. The summed E-state index contributed by atoms with van der Waals surface area (Å²) in [6, 6.07) is 20.3. The summed E-state index contributed by atoms with van der Waals surface area (Å²) in [7, 11) is 0. The number of ether oxygens (including phenoxy) is 2. The molecule has 0 aliphatic heterocycles. The van der Waals surface area contributed by atoms with Crippen molar-refractivity contribution in [1.29, 1.82) is 0 Å². The first-order valence-electron chi connectivity index (χ1n) is 8.92. The van der Waals surface area contributed by atoms with Crippen molar-refractivity contribution in [2.24, 2.45) is 0 Å². The van der Waals surface area contributed by atoms with Gasteiger partial charge in [0.05, 0.1) is 5.69 Å². The first-order valence-corrected chi connectivity index (χ1v) is 9.30. The van der Waals surface area contributed by atoms with Crippen molar-refractivity contribution in [3.05, 3.63) is 78.1 Å². The molecule has 1 aromatic heterocycles. The number of carbonyl (C=O) groups is 2. The second-order valence-corrected chi connectivity index (χ2v) is 6.47. The van der Waals surface area contributed by atoms with Crippen LogP contribution in [0.1, 0.15) is 6.92 Å². The van der Waals surface area contributed by atoms with Crippen LogP contribution in [0.2, 0.25) is 5.15 Å². The van der Waals surface area contributed by atoms with Crippen molar-refractivity contribution >= 4 is 29.2 Å². The summed E-state index contributed by atoms with van der Waals surface area (Å²) in [4.78, 5) is 28.2. The van der Waals surface area contributed by atoms with Gasteiger partial charge in [-0.25, -0.2) is 9.78 Å². The third-order valence-electron chi connectivity index (χ3n) is 4.01. The van der Waals surface area contributed by atoms with E-state index in [1.807, 2.05) is 48.5 Å². The third-order valence-corrected chi connectivity index (χ3v) is 4.31. The van der Waals surface area contributed by atoms with Crippen LogP contribution in [0, 0.1) is 0 Å². The average Bonchev–Trinajstić information content (AvgIpc) is 2.74. The van der Waals surface area contributed by atoms with Crippen molar-refractivity contribution in [2.75, 3.05) is 11.9 Å². The molecular weight excluding hydrogens is 392 g/mol. The van der Waals surface area contributed by atoms with Gasteiger partial charge in [-0.15, -0.1) is 0 Å². The van der Waals surface area contributed by atoms with E-state index in [0.29, 0.717) is 11.4 Å². The van der Waals surface area contributed by atoms with Gasteiger partial charge in [0.1, 0.15) is 5.75 Å². The summed E-state index contributed by atoms with van der Waals surface area (Å²) in [5.74, 6) is -0.624. The number of anilines is 1. The van der Waals surface area contributed by atoms with E-state index in [4.69, 9.17) is 21.1 Å². The average molecular weight is 411 g/mol. The van der Waals surface area contributed by atoms with E-state index in [9.17, 15) is 9.59 Å². The molecule has 2 aromatic carbocycles. The number of para-hydroxylation sites is 1. The first kappa shape index (κ1) is 20.4.